The first-order chi connectivity index (χ1) is 8.74. The lowest BCUT2D eigenvalue weighted by Crippen LogP contribution is -2.22. The van der Waals surface area contributed by atoms with E-state index in [1.54, 1.807) is 12.1 Å². The molecule has 2 rings (SSSR count). The van der Waals surface area contributed by atoms with Gasteiger partial charge >= 0.3 is 5.97 Å². The zero-order valence-corrected chi connectivity index (χ0v) is 10.4. The van der Waals surface area contributed by atoms with Gasteiger partial charge in [-0.2, -0.15) is 0 Å². The number of ether oxygens (including phenoxy) is 1. The van der Waals surface area contributed by atoms with Crippen molar-refractivity contribution in [1.82, 2.24) is 0 Å². The number of carbonyl (C=O) groups is 1. The molecule has 0 bridgehead atoms. The minimum Gasteiger partial charge on any atom is -0.482 e. The standard InChI is InChI=1S/C14H19NO3/c16-14(17)10-18-13-8-6-12(7-9-13)15-11-4-2-1-3-5-11/h6-9,11,15H,1-5,10H2,(H,16,17). The van der Waals surface area contributed by atoms with E-state index >= 15 is 0 Å². The van der Waals surface area contributed by atoms with Gasteiger partial charge in [0.25, 0.3) is 0 Å². The van der Waals surface area contributed by atoms with Crippen LogP contribution in [0.3, 0.4) is 0 Å². The molecule has 0 spiro atoms. The third kappa shape index (κ3) is 3.95. The largest absolute Gasteiger partial charge is 0.482 e. The number of aliphatic carboxylic acids is 1. The lowest BCUT2D eigenvalue weighted by atomic mass is 9.95. The molecule has 0 radical (unpaired) electrons. The molecule has 1 aliphatic rings. The average Bonchev–Trinajstić information content (AvgIpc) is 2.39. The first-order valence-electron chi connectivity index (χ1n) is 6.45. The van der Waals surface area contributed by atoms with E-state index in [9.17, 15) is 4.79 Å². The van der Waals surface area contributed by atoms with Crippen molar-refractivity contribution in [1.29, 1.82) is 0 Å². The number of nitrogens with one attached hydrogen (secondary N) is 1. The molecule has 1 aliphatic carbocycles. The van der Waals surface area contributed by atoms with Gasteiger partial charge < -0.3 is 15.2 Å². The quantitative estimate of drug-likeness (QED) is 0.842. The van der Waals surface area contributed by atoms with Gasteiger partial charge in [-0.3, -0.25) is 0 Å². The predicted octanol–water partition coefficient (Wildman–Crippen LogP) is 2.89. The van der Waals surface area contributed by atoms with Gasteiger partial charge in [0.05, 0.1) is 0 Å². The van der Waals surface area contributed by atoms with Gasteiger partial charge in [0.2, 0.25) is 0 Å². The summed E-state index contributed by atoms with van der Waals surface area (Å²) in [5.74, 6) is -0.369. The molecular formula is C14H19NO3. The first kappa shape index (κ1) is 12.7. The van der Waals surface area contributed by atoms with E-state index < -0.39 is 5.97 Å². The van der Waals surface area contributed by atoms with Crippen LogP contribution in [0.4, 0.5) is 5.69 Å². The lowest BCUT2D eigenvalue weighted by molar-refractivity contribution is -0.139. The summed E-state index contributed by atoms with van der Waals surface area (Å²) in [6, 6.07) is 8.05. The average molecular weight is 249 g/mol. The smallest absolute Gasteiger partial charge is 0.341 e. The third-order valence-electron chi connectivity index (χ3n) is 3.19. The molecule has 1 fully saturated rings. The maximum Gasteiger partial charge on any atom is 0.341 e. The van der Waals surface area contributed by atoms with E-state index in [1.807, 2.05) is 12.1 Å². The van der Waals surface area contributed by atoms with Crippen molar-refractivity contribution < 1.29 is 14.6 Å². The SMILES string of the molecule is O=C(O)COc1ccc(NC2CCCCC2)cc1. The van der Waals surface area contributed by atoms with E-state index in [0.717, 1.165) is 5.69 Å². The molecule has 0 atom stereocenters. The third-order valence-corrected chi connectivity index (χ3v) is 3.19. The summed E-state index contributed by atoms with van der Waals surface area (Å²) in [5.41, 5.74) is 1.07. The van der Waals surface area contributed by atoms with Crippen LogP contribution in [-0.2, 0) is 4.79 Å². The van der Waals surface area contributed by atoms with E-state index in [4.69, 9.17) is 9.84 Å². The van der Waals surface area contributed by atoms with Crippen molar-refractivity contribution in [2.24, 2.45) is 0 Å². The zero-order chi connectivity index (χ0) is 12.8. The Bertz CT molecular complexity index is 383. The van der Waals surface area contributed by atoms with Crippen LogP contribution in [0.2, 0.25) is 0 Å². The maximum absolute atomic E-state index is 10.4. The molecule has 98 valence electrons. The van der Waals surface area contributed by atoms with E-state index in [2.05, 4.69) is 5.32 Å². The molecule has 2 N–H and O–H groups in total. The Morgan fingerprint density at radius 3 is 2.50 bits per heavy atom. The minimum absolute atomic E-state index is 0.296. The molecule has 1 aromatic carbocycles. The molecule has 18 heavy (non-hydrogen) atoms. The van der Waals surface area contributed by atoms with Gasteiger partial charge in [0.15, 0.2) is 6.61 Å². The summed E-state index contributed by atoms with van der Waals surface area (Å²) >= 11 is 0. The lowest BCUT2D eigenvalue weighted by Gasteiger charge is -2.23. The molecule has 0 aromatic heterocycles. The van der Waals surface area contributed by atoms with Crippen LogP contribution in [0.25, 0.3) is 0 Å². The number of hydrogen-bond donors (Lipinski definition) is 2. The highest BCUT2D eigenvalue weighted by molar-refractivity contribution is 5.68. The molecule has 4 nitrogen and oxygen atoms in total. The first-order valence-corrected chi connectivity index (χ1v) is 6.45. The van der Waals surface area contributed by atoms with Gasteiger partial charge in [-0.15, -0.1) is 0 Å². The highest BCUT2D eigenvalue weighted by Gasteiger charge is 2.12. The number of anilines is 1. The van der Waals surface area contributed by atoms with Crippen molar-refractivity contribution in [3.8, 4) is 5.75 Å². The van der Waals surface area contributed by atoms with Crippen LogP contribution in [0.5, 0.6) is 5.75 Å². The van der Waals surface area contributed by atoms with Gasteiger partial charge in [0, 0.05) is 11.7 Å². The summed E-state index contributed by atoms with van der Waals surface area (Å²) in [5, 5.41) is 12.0. The number of rotatable bonds is 5. The molecule has 0 saturated heterocycles. The molecule has 0 unspecified atom stereocenters. The van der Waals surface area contributed by atoms with Crippen LogP contribution >= 0.6 is 0 Å². The minimum atomic E-state index is -0.959. The molecule has 0 aliphatic heterocycles. The summed E-state index contributed by atoms with van der Waals surface area (Å²) in [4.78, 5) is 10.4. The highest BCUT2D eigenvalue weighted by atomic mass is 16.5. The topological polar surface area (TPSA) is 58.6 Å². The maximum atomic E-state index is 10.4. The van der Waals surface area contributed by atoms with Gasteiger partial charge in [-0.05, 0) is 37.1 Å². The molecule has 0 heterocycles. The van der Waals surface area contributed by atoms with Gasteiger partial charge in [-0.25, -0.2) is 4.79 Å². The van der Waals surface area contributed by atoms with Gasteiger partial charge in [0.1, 0.15) is 5.75 Å². The molecule has 1 aromatic rings. The van der Waals surface area contributed by atoms with Crippen LogP contribution in [0.15, 0.2) is 24.3 Å². The number of benzene rings is 1. The summed E-state index contributed by atoms with van der Waals surface area (Å²) in [6.45, 7) is -0.296. The van der Waals surface area contributed by atoms with Crippen molar-refractivity contribution in [2.45, 2.75) is 38.1 Å². The second kappa shape index (κ2) is 6.28. The van der Waals surface area contributed by atoms with Crippen molar-refractivity contribution >= 4 is 11.7 Å². The Labute approximate surface area is 107 Å². The number of hydrogen-bond acceptors (Lipinski definition) is 3. The number of carboxylic acids is 1. The Morgan fingerprint density at radius 1 is 1.22 bits per heavy atom. The van der Waals surface area contributed by atoms with Gasteiger partial charge in [-0.1, -0.05) is 19.3 Å². The predicted molar refractivity (Wildman–Crippen MR) is 70.1 cm³/mol. The van der Waals surface area contributed by atoms with Crippen LogP contribution in [-0.4, -0.2) is 23.7 Å². The van der Waals surface area contributed by atoms with Crippen LogP contribution in [0, 0.1) is 0 Å². The fourth-order valence-corrected chi connectivity index (χ4v) is 2.28. The fourth-order valence-electron chi connectivity index (χ4n) is 2.28. The van der Waals surface area contributed by atoms with Crippen LogP contribution in [0.1, 0.15) is 32.1 Å². The summed E-state index contributed by atoms with van der Waals surface area (Å²) < 4.78 is 5.09. The zero-order valence-electron chi connectivity index (χ0n) is 10.4. The normalized spacial score (nSPS) is 16.2. The fraction of sp³-hybridized carbons (Fsp3) is 0.500. The highest BCUT2D eigenvalue weighted by Crippen LogP contribution is 2.23. The molecule has 1 saturated carbocycles. The Morgan fingerprint density at radius 2 is 1.89 bits per heavy atom. The van der Waals surface area contributed by atoms with E-state index in [-0.39, 0.29) is 6.61 Å². The van der Waals surface area contributed by atoms with Crippen molar-refractivity contribution in [3.05, 3.63) is 24.3 Å². The monoisotopic (exact) mass is 249 g/mol. The molecular weight excluding hydrogens is 230 g/mol. The Balaban J connectivity index is 1.84. The van der Waals surface area contributed by atoms with Crippen molar-refractivity contribution in [3.63, 3.8) is 0 Å². The van der Waals surface area contributed by atoms with Crippen molar-refractivity contribution in [2.75, 3.05) is 11.9 Å². The molecule has 0 amide bonds. The Hall–Kier alpha value is -1.71. The van der Waals surface area contributed by atoms with E-state index in [0.29, 0.717) is 11.8 Å². The van der Waals surface area contributed by atoms with E-state index in [1.165, 1.54) is 32.1 Å². The summed E-state index contributed by atoms with van der Waals surface area (Å²) in [6.07, 6.45) is 6.42. The number of carboxylic acid groups (broad SMARTS) is 1. The Kier molecular flexibility index (Phi) is 4.45. The summed E-state index contributed by atoms with van der Waals surface area (Å²) in [7, 11) is 0. The molecule has 4 heteroatoms. The second-order valence-corrected chi connectivity index (χ2v) is 4.69. The second-order valence-electron chi connectivity index (χ2n) is 4.69. The van der Waals surface area contributed by atoms with Crippen LogP contribution < -0.4 is 10.1 Å².